The first-order chi connectivity index (χ1) is 12.1. The van der Waals surface area contributed by atoms with Crippen LogP contribution < -0.4 is 0 Å². The SMILES string of the molecule is CCCCCCCCCC[Si](Cl)(Cl)Cl.CCCCCCCC[Si](Cl)(Cl)Cl. The van der Waals surface area contributed by atoms with Gasteiger partial charge in [-0.2, -0.15) is 0 Å². The second-order valence-electron chi connectivity index (χ2n) is 6.97. The maximum atomic E-state index is 5.78. The summed E-state index contributed by atoms with van der Waals surface area (Å²) in [7, 11) is 0. The fourth-order valence-electron chi connectivity index (χ4n) is 2.57. The van der Waals surface area contributed by atoms with Crippen molar-refractivity contribution < 1.29 is 0 Å². The molecule has 0 aromatic rings. The largest absolute Gasteiger partial charge is 0.341 e. The maximum Gasteiger partial charge on any atom is 0.341 e. The molecule has 0 fully saturated rings. The average Bonchev–Trinajstić information content (AvgIpc) is 2.52. The smallest absolute Gasteiger partial charge is 0.126 e. The zero-order valence-corrected chi connectivity index (χ0v) is 23.1. The first-order valence-electron chi connectivity index (χ1n) is 10.3. The fourth-order valence-corrected chi connectivity index (χ4v) is 6.27. The first kappa shape index (κ1) is 30.4. The minimum atomic E-state index is -2.32. The van der Waals surface area contributed by atoms with Crippen molar-refractivity contribution in [1.29, 1.82) is 0 Å². The average molecular weight is 523 g/mol. The summed E-state index contributed by atoms with van der Waals surface area (Å²) in [6, 6.07) is -2.98. The molecule has 0 spiro atoms. The van der Waals surface area contributed by atoms with Gasteiger partial charge in [-0.25, -0.2) is 0 Å². The molecule has 0 nitrogen and oxygen atoms in total. The molecular formula is C18H38Cl6Si2. The first-order valence-corrected chi connectivity index (χ1v) is 20.7. The van der Waals surface area contributed by atoms with Crippen LogP contribution in [0.5, 0.6) is 0 Å². The Morgan fingerprint density at radius 2 is 0.615 bits per heavy atom. The molecule has 0 N–H and O–H groups in total. The van der Waals surface area contributed by atoms with E-state index in [9.17, 15) is 0 Å². The second kappa shape index (κ2) is 20.4. The Hall–Kier alpha value is 2.17. The van der Waals surface area contributed by atoms with Crippen LogP contribution in [0.25, 0.3) is 0 Å². The molecule has 0 aromatic heterocycles. The van der Waals surface area contributed by atoms with E-state index >= 15 is 0 Å². The molecule has 0 unspecified atom stereocenters. The van der Waals surface area contributed by atoms with E-state index in [-0.39, 0.29) is 0 Å². The van der Waals surface area contributed by atoms with Gasteiger partial charge in [-0.05, 0) is 12.1 Å². The van der Waals surface area contributed by atoms with Gasteiger partial charge in [0.25, 0.3) is 0 Å². The lowest BCUT2D eigenvalue weighted by atomic mass is 10.1. The van der Waals surface area contributed by atoms with Crippen LogP contribution in [-0.4, -0.2) is 12.0 Å². The van der Waals surface area contributed by atoms with Crippen molar-refractivity contribution in [1.82, 2.24) is 0 Å². The molecule has 0 atom stereocenters. The van der Waals surface area contributed by atoms with Crippen molar-refractivity contribution in [2.24, 2.45) is 0 Å². The summed E-state index contributed by atoms with van der Waals surface area (Å²) >= 11 is 34.6. The summed E-state index contributed by atoms with van der Waals surface area (Å²) in [5.74, 6) is 0. The van der Waals surface area contributed by atoms with Crippen molar-refractivity contribution in [2.45, 2.75) is 116 Å². The Morgan fingerprint density at radius 1 is 0.385 bits per heavy atom. The highest BCUT2D eigenvalue weighted by Crippen LogP contribution is 2.28. The molecule has 0 amide bonds. The van der Waals surface area contributed by atoms with Crippen molar-refractivity contribution >= 4 is 78.5 Å². The van der Waals surface area contributed by atoms with E-state index in [4.69, 9.17) is 66.5 Å². The van der Waals surface area contributed by atoms with Gasteiger partial charge in [0.05, 0.1) is 0 Å². The Morgan fingerprint density at radius 3 is 0.846 bits per heavy atom. The Bertz CT molecular complexity index is 280. The normalized spacial score (nSPS) is 12.0. The molecule has 8 heteroatoms. The Kier molecular flexibility index (Phi) is 23.9. The molecule has 0 radical (unpaired) electrons. The van der Waals surface area contributed by atoms with E-state index in [2.05, 4.69) is 13.8 Å². The van der Waals surface area contributed by atoms with E-state index in [0.717, 1.165) is 24.9 Å². The van der Waals surface area contributed by atoms with Crippen LogP contribution in [0, 0.1) is 0 Å². The summed E-state index contributed by atoms with van der Waals surface area (Å²) in [4.78, 5) is 0. The zero-order chi connectivity index (χ0) is 20.3. The van der Waals surface area contributed by atoms with Gasteiger partial charge in [0.15, 0.2) is 0 Å². The van der Waals surface area contributed by atoms with Crippen LogP contribution in [0.15, 0.2) is 0 Å². The van der Waals surface area contributed by atoms with Crippen molar-refractivity contribution in [3.8, 4) is 0 Å². The van der Waals surface area contributed by atoms with Crippen molar-refractivity contribution in [2.75, 3.05) is 0 Å². The van der Waals surface area contributed by atoms with Crippen LogP contribution in [0.2, 0.25) is 12.1 Å². The van der Waals surface area contributed by atoms with Crippen molar-refractivity contribution in [3.63, 3.8) is 0 Å². The van der Waals surface area contributed by atoms with E-state index in [1.807, 2.05) is 0 Å². The summed E-state index contributed by atoms with van der Waals surface area (Å²) in [5, 5.41) is 0. The molecule has 0 aliphatic carbocycles. The van der Waals surface area contributed by atoms with Gasteiger partial charge in [0.2, 0.25) is 0 Å². The second-order valence-corrected chi connectivity index (χ2v) is 25.5. The van der Waals surface area contributed by atoms with Gasteiger partial charge in [0, 0.05) is 0 Å². The van der Waals surface area contributed by atoms with Crippen LogP contribution in [0.3, 0.4) is 0 Å². The molecule has 0 rings (SSSR count). The Labute approximate surface area is 193 Å². The quantitative estimate of drug-likeness (QED) is 0.107. The molecular weight excluding hydrogens is 485 g/mol. The Balaban J connectivity index is 0. The topological polar surface area (TPSA) is 0 Å². The molecule has 0 saturated carbocycles. The van der Waals surface area contributed by atoms with E-state index in [0.29, 0.717) is 0 Å². The van der Waals surface area contributed by atoms with Crippen molar-refractivity contribution in [3.05, 3.63) is 0 Å². The third-order valence-corrected chi connectivity index (χ3v) is 9.37. The number of halogens is 6. The lowest BCUT2D eigenvalue weighted by Gasteiger charge is -2.06. The maximum absolute atomic E-state index is 5.78. The van der Waals surface area contributed by atoms with Crippen LogP contribution >= 0.6 is 66.5 Å². The lowest BCUT2D eigenvalue weighted by Crippen LogP contribution is -2.07. The summed E-state index contributed by atoms with van der Waals surface area (Å²) in [6.07, 6.45) is 18.0. The molecule has 0 heterocycles. The minimum absolute atomic E-state index is 0.823. The number of unbranched alkanes of at least 4 members (excludes halogenated alkanes) is 12. The highest BCUT2D eigenvalue weighted by atomic mass is 35.8. The zero-order valence-electron chi connectivity index (χ0n) is 16.6. The van der Waals surface area contributed by atoms with E-state index in [1.165, 1.54) is 77.0 Å². The molecule has 0 saturated heterocycles. The van der Waals surface area contributed by atoms with Gasteiger partial charge < -0.3 is 0 Å². The third kappa shape index (κ3) is 33.7. The predicted molar refractivity (Wildman–Crippen MR) is 132 cm³/mol. The third-order valence-electron chi connectivity index (χ3n) is 4.13. The van der Waals surface area contributed by atoms with Gasteiger partial charge in [-0.15, -0.1) is 66.5 Å². The summed E-state index contributed by atoms with van der Waals surface area (Å²) in [5.41, 5.74) is 0. The molecule has 0 aliphatic heterocycles. The van der Waals surface area contributed by atoms with Gasteiger partial charge in [-0.3, -0.25) is 0 Å². The van der Waals surface area contributed by atoms with Crippen LogP contribution in [0.4, 0.5) is 0 Å². The highest BCUT2D eigenvalue weighted by molar-refractivity contribution is 7.65. The molecule has 0 aliphatic rings. The van der Waals surface area contributed by atoms with Gasteiger partial charge >= 0.3 is 12.0 Å². The lowest BCUT2D eigenvalue weighted by molar-refractivity contribution is 0.585. The van der Waals surface area contributed by atoms with Crippen LogP contribution in [0.1, 0.15) is 104 Å². The predicted octanol–water partition coefficient (Wildman–Crippen LogP) is 10.8. The molecule has 0 aromatic carbocycles. The number of hydrogen-bond donors (Lipinski definition) is 0. The minimum Gasteiger partial charge on any atom is -0.126 e. The standard InChI is InChI=1S/C10H21Cl3Si.C8H17Cl3Si/c1-2-3-4-5-6-7-8-9-10-14(11,12)13;1-2-3-4-5-6-7-8-12(9,10)11/h2-10H2,1H3;2-8H2,1H3. The molecule has 0 bridgehead atoms. The monoisotopic (exact) mass is 520 g/mol. The van der Waals surface area contributed by atoms with E-state index in [1.54, 1.807) is 0 Å². The van der Waals surface area contributed by atoms with Crippen LogP contribution in [-0.2, 0) is 0 Å². The number of rotatable bonds is 16. The fraction of sp³-hybridized carbons (Fsp3) is 1.00. The molecule has 160 valence electrons. The van der Waals surface area contributed by atoms with Gasteiger partial charge in [-0.1, -0.05) is 104 Å². The highest BCUT2D eigenvalue weighted by Gasteiger charge is 2.23. The summed E-state index contributed by atoms with van der Waals surface area (Å²) < 4.78 is 0. The van der Waals surface area contributed by atoms with Gasteiger partial charge in [0.1, 0.15) is 0 Å². The number of hydrogen-bond acceptors (Lipinski definition) is 0. The molecule has 26 heavy (non-hydrogen) atoms. The van der Waals surface area contributed by atoms with E-state index < -0.39 is 12.0 Å². The summed E-state index contributed by atoms with van der Waals surface area (Å²) in [6.45, 7) is 4.46.